The van der Waals surface area contributed by atoms with Gasteiger partial charge in [-0.05, 0) is 50.1 Å². The van der Waals surface area contributed by atoms with Crippen LogP contribution in [0.15, 0.2) is 42.5 Å². The Hall–Kier alpha value is -1.75. The van der Waals surface area contributed by atoms with E-state index in [1.165, 1.54) is 11.1 Å². The first-order valence-electron chi connectivity index (χ1n) is 8.86. The van der Waals surface area contributed by atoms with Gasteiger partial charge in [-0.1, -0.05) is 35.9 Å². The second kappa shape index (κ2) is 12.6. The highest BCUT2D eigenvalue weighted by Gasteiger charge is 2.06. The van der Waals surface area contributed by atoms with E-state index >= 15 is 0 Å². The summed E-state index contributed by atoms with van der Waals surface area (Å²) in [6.45, 7) is 7.96. The number of rotatable bonds is 11. The second-order valence-electron chi connectivity index (χ2n) is 5.99. The van der Waals surface area contributed by atoms with Crippen molar-refractivity contribution < 1.29 is 14.2 Å². The molecular weight excluding hydrogens is 350 g/mol. The van der Waals surface area contributed by atoms with Crippen molar-refractivity contribution in [2.75, 3.05) is 26.9 Å². The zero-order chi connectivity index (χ0) is 17.9. The summed E-state index contributed by atoms with van der Waals surface area (Å²) in [5.74, 6) is 1.53. The van der Waals surface area contributed by atoms with E-state index in [0.717, 1.165) is 49.8 Å². The average Bonchev–Trinajstić information content (AvgIpc) is 2.63. The molecule has 0 aliphatic rings. The normalized spacial score (nSPS) is 10.3. The van der Waals surface area contributed by atoms with Gasteiger partial charge in [-0.2, -0.15) is 0 Å². The summed E-state index contributed by atoms with van der Waals surface area (Å²) in [4.78, 5) is 0. The van der Waals surface area contributed by atoms with Gasteiger partial charge < -0.3 is 19.5 Å². The smallest absolute Gasteiger partial charge is 0.161 e. The van der Waals surface area contributed by atoms with Gasteiger partial charge in [0.15, 0.2) is 11.5 Å². The van der Waals surface area contributed by atoms with Crippen molar-refractivity contribution in [3.8, 4) is 11.5 Å². The van der Waals surface area contributed by atoms with Crippen molar-refractivity contribution in [1.29, 1.82) is 0 Å². The van der Waals surface area contributed by atoms with Crippen LogP contribution in [0, 0.1) is 6.92 Å². The van der Waals surface area contributed by atoms with E-state index in [-0.39, 0.29) is 12.4 Å². The molecular formula is C21H30ClNO3. The largest absolute Gasteiger partial charge is 0.493 e. The Morgan fingerprint density at radius 3 is 2.58 bits per heavy atom. The zero-order valence-corrected chi connectivity index (χ0v) is 16.7. The molecule has 0 heterocycles. The fourth-order valence-electron chi connectivity index (χ4n) is 2.58. The third-order valence-corrected chi connectivity index (χ3v) is 3.88. The van der Waals surface area contributed by atoms with Crippen LogP contribution in [0.25, 0.3) is 0 Å². The number of hydrogen-bond acceptors (Lipinski definition) is 4. The Morgan fingerprint density at radius 2 is 1.85 bits per heavy atom. The first-order valence-corrected chi connectivity index (χ1v) is 8.86. The van der Waals surface area contributed by atoms with Crippen molar-refractivity contribution >= 4 is 12.4 Å². The summed E-state index contributed by atoms with van der Waals surface area (Å²) in [7, 11) is 1.67. The maximum Gasteiger partial charge on any atom is 0.161 e. The third kappa shape index (κ3) is 7.65. The minimum absolute atomic E-state index is 0. The number of methoxy groups -OCH3 is 1. The predicted molar refractivity (Wildman–Crippen MR) is 109 cm³/mol. The third-order valence-electron chi connectivity index (χ3n) is 3.88. The molecule has 0 atom stereocenters. The summed E-state index contributed by atoms with van der Waals surface area (Å²) < 4.78 is 16.7. The molecule has 4 nitrogen and oxygen atoms in total. The van der Waals surface area contributed by atoms with E-state index in [2.05, 4.69) is 36.5 Å². The topological polar surface area (TPSA) is 39.7 Å². The molecule has 0 saturated heterocycles. The van der Waals surface area contributed by atoms with Gasteiger partial charge in [-0.15, -0.1) is 12.4 Å². The standard InChI is InChI=1S/C21H29NO3.ClH/c1-4-24-12-6-11-22-15-18-9-10-20(21(14-18)23-3)25-16-19-8-5-7-17(2)13-19;/h5,7-10,13-14,22H,4,6,11-12,15-16H2,1-3H3;1H. The molecule has 0 fully saturated rings. The molecule has 2 aromatic rings. The van der Waals surface area contributed by atoms with Crippen molar-refractivity contribution in [1.82, 2.24) is 5.32 Å². The lowest BCUT2D eigenvalue weighted by molar-refractivity contribution is 0.144. The molecule has 0 aliphatic carbocycles. The highest BCUT2D eigenvalue weighted by molar-refractivity contribution is 5.85. The molecule has 144 valence electrons. The van der Waals surface area contributed by atoms with Crippen LogP contribution < -0.4 is 14.8 Å². The lowest BCUT2D eigenvalue weighted by Gasteiger charge is -2.13. The molecule has 26 heavy (non-hydrogen) atoms. The minimum atomic E-state index is 0. The fraction of sp³-hybridized carbons (Fsp3) is 0.429. The van der Waals surface area contributed by atoms with E-state index in [1.54, 1.807) is 7.11 Å². The summed E-state index contributed by atoms with van der Waals surface area (Å²) in [6, 6.07) is 14.4. The summed E-state index contributed by atoms with van der Waals surface area (Å²) in [6.07, 6.45) is 1.02. The zero-order valence-electron chi connectivity index (χ0n) is 15.9. The van der Waals surface area contributed by atoms with Crippen LogP contribution in [0.1, 0.15) is 30.0 Å². The van der Waals surface area contributed by atoms with Gasteiger partial charge in [0.25, 0.3) is 0 Å². The number of benzene rings is 2. The summed E-state index contributed by atoms with van der Waals surface area (Å²) in [5, 5.41) is 3.42. The monoisotopic (exact) mass is 379 g/mol. The minimum Gasteiger partial charge on any atom is -0.493 e. The van der Waals surface area contributed by atoms with Crippen molar-refractivity contribution in [3.05, 3.63) is 59.2 Å². The number of nitrogens with one attached hydrogen (secondary N) is 1. The quantitative estimate of drug-likeness (QED) is 0.582. The van der Waals surface area contributed by atoms with E-state index < -0.39 is 0 Å². The molecule has 0 aromatic heterocycles. The van der Waals surface area contributed by atoms with Crippen LogP contribution in [-0.2, 0) is 17.9 Å². The average molecular weight is 380 g/mol. The molecule has 2 rings (SSSR count). The highest BCUT2D eigenvalue weighted by Crippen LogP contribution is 2.28. The molecule has 0 amide bonds. The van der Waals surface area contributed by atoms with Crippen LogP contribution in [0.2, 0.25) is 0 Å². The predicted octanol–water partition coefficient (Wildman–Crippen LogP) is 4.52. The highest BCUT2D eigenvalue weighted by atomic mass is 35.5. The number of aryl methyl sites for hydroxylation is 1. The fourth-order valence-corrected chi connectivity index (χ4v) is 2.58. The molecule has 0 spiro atoms. The van der Waals surface area contributed by atoms with Gasteiger partial charge >= 0.3 is 0 Å². The van der Waals surface area contributed by atoms with Crippen molar-refractivity contribution in [3.63, 3.8) is 0 Å². The molecule has 2 aromatic carbocycles. The van der Waals surface area contributed by atoms with Gasteiger partial charge in [0.1, 0.15) is 6.61 Å². The Labute approximate surface area is 163 Å². The summed E-state index contributed by atoms with van der Waals surface area (Å²) in [5.41, 5.74) is 3.57. The van der Waals surface area contributed by atoms with Gasteiger partial charge in [-0.25, -0.2) is 0 Å². The molecule has 0 aliphatic heterocycles. The van der Waals surface area contributed by atoms with E-state index in [1.807, 2.05) is 25.1 Å². The van der Waals surface area contributed by atoms with Crippen LogP contribution >= 0.6 is 12.4 Å². The Kier molecular flexibility index (Phi) is 10.8. The van der Waals surface area contributed by atoms with Crippen molar-refractivity contribution in [2.45, 2.75) is 33.4 Å². The number of ether oxygens (including phenoxy) is 3. The molecule has 0 saturated carbocycles. The number of halogens is 1. The van der Waals surface area contributed by atoms with Crippen LogP contribution in [0.5, 0.6) is 11.5 Å². The van der Waals surface area contributed by atoms with Gasteiger partial charge in [0.05, 0.1) is 7.11 Å². The molecule has 0 bridgehead atoms. The Balaban J connectivity index is 0.00000338. The van der Waals surface area contributed by atoms with E-state index in [0.29, 0.717) is 6.61 Å². The SMILES string of the molecule is CCOCCCNCc1ccc(OCc2cccc(C)c2)c(OC)c1.Cl. The number of hydrogen-bond donors (Lipinski definition) is 1. The van der Waals surface area contributed by atoms with Gasteiger partial charge in [0.2, 0.25) is 0 Å². The molecule has 1 N–H and O–H groups in total. The maximum atomic E-state index is 5.93. The Bertz CT molecular complexity index is 649. The lowest BCUT2D eigenvalue weighted by atomic mass is 10.1. The van der Waals surface area contributed by atoms with Crippen LogP contribution in [-0.4, -0.2) is 26.9 Å². The molecule has 0 unspecified atom stereocenters. The second-order valence-corrected chi connectivity index (χ2v) is 5.99. The molecule has 5 heteroatoms. The van der Waals surface area contributed by atoms with Crippen LogP contribution in [0.3, 0.4) is 0 Å². The van der Waals surface area contributed by atoms with Gasteiger partial charge in [-0.3, -0.25) is 0 Å². The van der Waals surface area contributed by atoms with E-state index in [4.69, 9.17) is 14.2 Å². The first-order chi connectivity index (χ1) is 12.2. The Morgan fingerprint density at radius 1 is 1.00 bits per heavy atom. The van der Waals surface area contributed by atoms with Crippen LogP contribution in [0.4, 0.5) is 0 Å². The lowest BCUT2D eigenvalue weighted by Crippen LogP contribution is -2.16. The summed E-state index contributed by atoms with van der Waals surface area (Å²) >= 11 is 0. The maximum absolute atomic E-state index is 5.93. The first kappa shape index (κ1) is 22.3. The van der Waals surface area contributed by atoms with E-state index in [9.17, 15) is 0 Å². The van der Waals surface area contributed by atoms with Crippen molar-refractivity contribution in [2.24, 2.45) is 0 Å². The molecule has 0 radical (unpaired) electrons. The van der Waals surface area contributed by atoms with Gasteiger partial charge in [0, 0.05) is 19.8 Å².